The van der Waals surface area contributed by atoms with E-state index < -0.39 is 79.9 Å². The minimum absolute atomic E-state index is 0.0447. The number of nitrogens with zero attached hydrogens (tertiary/aromatic N) is 4. The number of ketones is 3. The number of aliphatic hydroxyl groups is 5. The molecule has 10 fully saturated rings. The zero-order valence-electron chi connectivity index (χ0n) is 62.0. The molecule has 1 spiro atoms. The smallest absolute Gasteiger partial charge is 0.252 e. The molecule has 15 aliphatic rings. The number of allylic oxidation sites excluding steroid dienone is 1. The Morgan fingerprint density at radius 3 is 1.20 bits per heavy atom. The van der Waals surface area contributed by atoms with Crippen LogP contribution in [0.15, 0.2) is 72.8 Å². The standard InChI is InChI=1S/C22H28N2O4.2C21H26N2O4.C20H24N2O4/c1-13(2)6-9-24-10-8-21-12-15(25)5-7-22(21,28)17(24)11-14-3-4-16(20(23)27)19(26)18(14)21;22-19(25)13-4-3-12-9-15-21(26)6-5-14(24)18-20(21,16(12)17(13)27-18)7-8-23(15)10-11-1-2-11;22-19(26)15-4-3-13-9-16-21(27)6-5-14(24)10-20(21,17(13)18(15)25)7-8-23(16)11-12-1-2-12;1-2-8-22-9-7-19-11-13(23)5-6-20(19,26)15(22)10-12-3-4-14(18(21)25)17(24)16(12)19/h3-4,6,17,26,28H,5,7-12H2,1-2H3,(H2,23,27);3-4,11,14-15,18,24,26H,1-2,5-10H2,(H2,22,25);3-4,12,16,25,27H,1-2,5-11H2,(H2,22,26);2-4,15,24,26H,1,5-11H2,(H2,21,25)/t17?,21-,22-;14-,15?,18+,20+,21-;16?,20-,21-;15?,19-,20-/m1111/s1. The van der Waals surface area contributed by atoms with Crippen molar-refractivity contribution in [1.82, 2.24) is 19.6 Å². The Hall–Kier alpha value is -7.91. The Morgan fingerprint density at radius 2 is 0.824 bits per heavy atom. The lowest BCUT2D eigenvalue weighted by molar-refractivity contribution is -0.208. The van der Waals surface area contributed by atoms with Crippen LogP contribution in [0, 0.1) is 11.8 Å². The number of hydrogen-bond acceptors (Lipinski definition) is 20. The van der Waals surface area contributed by atoms with Crippen LogP contribution in [0.2, 0.25) is 0 Å². The Kier molecular flexibility index (Phi) is 18.1. The van der Waals surface area contributed by atoms with Gasteiger partial charge in [0.05, 0.1) is 56.2 Å². The number of Topliss-reactive ketones (excluding diaryl/α,β-unsaturated/α-hetero) is 3. The van der Waals surface area contributed by atoms with Crippen molar-refractivity contribution >= 4 is 41.0 Å². The van der Waals surface area contributed by atoms with Gasteiger partial charge in [0.15, 0.2) is 0 Å². The van der Waals surface area contributed by atoms with Gasteiger partial charge in [-0.2, -0.15) is 0 Å². The summed E-state index contributed by atoms with van der Waals surface area (Å²) in [7, 11) is 0. The fourth-order valence-electron chi connectivity index (χ4n) is 24.0. The number of amides is 4. The lowest BCUT2D eigenvalue weighted by Crippen LogP contribution is -2.77. The molecule has 4 aromatic rings. The molecule has 5 aliphatic heterocycles. The van der Waals surface area contributed by atoms with E-state index in [1.165, 1.54) is 37.3 Å². The lowest BCUT2D eigenvalue weighted by atomic mass is 9.48. The molecule has 0 radical (unpaired) electrons. The molecule has 108 heavy (non-hydrogen) atoms. The number of primary amides is 4. The van der Waals surface area contributed by atoms with Crippen LogP contribution in [0.3, 0.4) is 0 Å². The van der Waals surface area contributed by atoms with Gasteiger partial charge in [-0.25, -0.2) is 0 Å². The normalized spacial score (nSPS) is 35.5. The van der Waals surface area contributed by atoms with E-state index in [0.29, 0.717) is 131 Å². The number of nitrogens with two attached hydrogens (primary N) is 4. The molecule has 576 valence electrons. The molecule has 24 heteroatoms. The third-order valence-electron chi connectivity index (χ3n) is 29.4. The monoisotopic (exact) mass is 1480 g/mol. The van der Waals surface area contributed by atoms with E-state index in [1.807, 2.05) is 24.3 Å². The van der Waals surface area contributed by atoms with Crippen LogP contribution in [0.1, 0.15) is 222 Å². The van der Waals surface area contributed by atoms with E-state index in [9.17, 15) is 74.4 Å². The summed E-state index contributed by atoms with van der Waals surface area (Å²) in [6, 6.07) is 13.6. The first-order valence-electron chi connectivity index (χ1n) is 39.3. The molecule has 16 N–H and O–H groups in total. The molecule has 4 aromatic carbocycles. The maximum absolute atomic E-state index is 12.5. The Labute approximate surface area is 628 Å². The van der Waals surface area contributed by atoms with Crippen molar-refractivity contribution in [2.45, 2.75) is 242 Å². The number of piperidine rings is 4. The van der Waals surface area contributed by atoms with Crippen molar-refractivity contribution in [3.63, 3.8) is 0 Å². The first-order valence-corrected chi connectivity index (χ1v) is 39.3. The summed E-state index contributed by atoms with van der Waals surface area (Å²) in [5.41, 5.74) is 22.8. The molecule has 4 saturated heterocycles. The number of ether oxygens (including phenoxy) is 1. The molecule has 10 aliphatic carbocycles. The van der Waals surface area contributed by atoms with Crippen LogP contribution in [0.5, 0.6) is 23.0 Å². The summed E-state index contributed by atoms with van der Waals surface area (Å²) in [4.78, 5) is 94.1. The van der Waals surface area contributed by atoms with E-state index in [0.717, 1.165) is 91.8 Å². The van der Waals surface area contributed by atoms with Gasteiger partial charge in [-0.3, -0.25) is 53.2 Å². The molecular formula is C84H104N8O16. The minimum Gasteiger partial charge on any atom is -0.507 e. The second kappa shape index (κ2) is 26.4. The van der Waals surface area contributed by atoms with Gasteiger partial charge >= 0.3 is 0 Å². The highest BCUT2D eigenvalue weighted by molar-refractivity contribution is 5.99. The van der Waals surface area contributed by atoms with Crippen molar-refractivity contribution < 1.29 is 79.2 Å². The molecule has 24 nitrogen and oxygen atoms in total. The maximum atomic E-state index is 12.5. The number of carbonyl (C=O) groups excluding carboxylic acids is 7. The first-order chi connectivity index (χ1) is 51.3. The number of benzene rings is 4. The number of likely N-dealkylation sites (tertiary alicyclic amines) is 4. The highest BCUT2D eigenvalue weighted by Gasteiger charge is 2.74. The quantitative estimate of drug-likeness (QED) is 0.0847. The summed E-state index contributed by atoms with van der Waals surface area (Å²) >= 11 is 0. The van der Waals surface area contributed by atoms with Gasteiger partial charge in [0.1, 0.15) is 46.5 Å². The number of rotatable bonds is 12. The molecule has 5 heterocycles. The van der Waals surface area contributed by atoms with Crippen LogP contribution >= 0.6 is 0 Å². The maximum Gasteiger partial charge on any atom is 0.252 e. The Balaban J connectivity index is 0.000000110. The Morgan fingerprint density at radius 1 is 0.472 bits per heavy atom. The van der Waals surface area contributed by atoms with Gasteiger partial charge in [-0.05, 0) is 208 Å². The second-order valence-electron chi connectivity index (χ2n) is 34.9. The average Bonchev–Trinajstić information content (AvgIpc) is 1.34. The topological polar surface area (TPSA) is 408 Å². The summed E-state index contributed by atoms with van der Waals surface area (Å²) in [6.07, 6.45) is 16.8. The van der Waals surface area contributed by atoms with E-state index in [4.69, 9.17) is 27.7 Å². The van der Waals surface area contributed by atoms with E-state index in [2.05, 4.69) is 46.1 Å². The molecule has 4 unspecified atom stereocenters. The summed E-state index contributed by atoms with van der Waals surface area (Å²) in [6.45, 7) is 14.5. The largest absolute Gasteiger partial charge is 0.507 e. The number of hydrogen-bond donors (Lipinski definition) is 12. The number of carbonyl (C=O) groups is 7. The predicted molar refractivity (Wildman–Crippen MR) is 397 cm³/mol. The van der Waals surface area contributed by atoms with Crippen LogP contribution in [-0.4, -0.2) is 213 Å². The molecular weight excluding hydrogens is 1380 g/mol. The van der Waals surface area contributed by atoms with E-state index >= 15 is 0 Å². The van der Waals surface area contributed by atoms with Crippen molar-refractivity contribution in [3.8, 4) is 23.0 Å². The van der Waals surface area contributed by atoms with E-state index in [1.54, 1.807) is 24.3 Å². The second-order valence-corrected chi connectivity index (χ2v) is 34.9. The van der Waals surface area contributed by atoms with Crippen molar-refractivity contribution in [2.75, 3.05) is 52.4 Å². The van der Waals surface area contributed by atoms with Crippen molar-refractivity contribution in [1.29, 1.82) is 0 Å². The zero-order valence-corrected chi connectivity index (χ0v) is 62.0. The van der Waals surface area contributed by atoms with Gasteiger partial charge in [0.25, 0.3) is 23.6 Å². The number of fused-ring (bicyclic) bond motifs is 3. The van der Waals surface area contributed by atoms with Gasteiger partial charge in [0, 0.05) is 127 Å². The fourth-order valence-corrected chi connectivity index (χ4v) is 24.0. The number of phenols is 3. The molecule has 0 aromatic heterocycles. The molecule has 6 saturated carbocycles. The number of aromatic hydroxyl groups is 3. The molecule has 8 bridgehead atoms. The summed E-state index contributed by atoms with van der Waals surface area (Å²) < 4.78 is 6.25. The lowest BCUT2D eigenvalue weighted by Gasteiger charge is -2.63. The molecule has 14 atom stereocenters. The highest BCUT2D eigenvalue weighted by Crippen LogP contribution is 2.67. The Bertz CT molecular complexity index is 4530. The van der Waals surface area contributed by atoms with Crippen LogP contribution < -0.4 is 27.7 Å². The highest BCUT2D eigenvalue weighted by atomic mass is 16.5. The molecule has 4 amide bonds. The zero-order chi connectivity index (χ0) is 76.5. The fraction of sp³-hybridized carbons (Fsp3) is 0.583. The van der Waals surface area contributed by atoms with Gasteiger partial charge in [-0.1, -0.05) is 42.0 Å². The van der Waals surface area contributed by atoms with Gasteiger partial charge in [-0.15, -0.1) is 6.58 Å². The van der Waals surface area contributed by atoms with Crippen molar-refractivity contribution in [3.05, 3.63) is 140 Å². The summed E-state index contributed by atoms with van der Waals surface area (Å²) in [5.74, 6) is -0.788. The number of aliphatic hydroxyl groups excluding tert-OH is 1. The van der Waals surface area contributed by atoms with Gasteiger partial charge in [0.2, 0.25) is 0 Å². The van der Waals surface area contributed by atoms with Crippen LogP contribution in [-0.2, 0) is 61.7 Å². The van der Waals surface area contributed by atoms with E-state index in [-0.39, 0.29) is 94.7 Å². The third kappa shape index (κ3) is 10.9. The average molecular weight is 1480 g/mol. The van der Waals surface area contributed by atoms with Crippen molar-refractivity contribution in [2.24, 2.45) is 34.8 Å². The molecule has 19 rings (SSSR count). The SMILES string of the molecule is C=CCN1CC[C@]23CC(=O)CC[C@@]2(O)C1Cc1ccc(C(N)=O)c(O)c13.CC(C)=CCN1CC[C@]23CC(=O)CC[C@@]2(O)C1Cc1ccc(C(N)=O)c(O)c13.NC(=O)c1ccc2c(c1O)[C@]13CCN(CC4CC4)C(C2)[C@]1(O)CCC(=O)C3.NC(=O)c1ccc2c3c1O[C@H]1[C@H](O)CC[C@@]4(O)C(C2)N(CC2CC2)CC[C@]314. The van der Waals surface area contributed by atoms with Crippen LogP contribution in [0.25, 0.3) is 0 Å². The summed E-state index contributed by atoms with van der Waals surface area (Å²) in [5, 5.41) is 91.4. The third-order valence-corrected chi connectivity index (χ3v) is 29.4. The minimum atomic E-state index is -1.12. The van der Waals surface area contributed by atoms with Gasteiger partial charge < -0.3 is 68.5 Å². The first kappa shape index (κ1) is 74.2. The predicted octanol–water partition coefficient (Wildman–Crippen LogP) is 4.80. The van der Waals surface area contributed by atoms with Crippen LogP contribution in [0.4, 0.5) is 0 Å².